The summed E-state index contributed by atoms with van der Waals surface area (Å²) >= 11 is 0. The van der Waals surface area contributed by atoms with Gasteiger partial charge in [0.25, 0.3) is 0 Å². The Bertz CT molecular complexity index is 333. The summed E-state index contributed by atoms with van der Waals surface area (Å²) in [6, 6.07) is 5.93. The quantitative estimate of drug-likeness (QED) is 0.711. The number of benzene rings is 1. The Morgan fingerprint density at radius 3 is 2.50 bits per heavy atom. The number of aliphatic hydroxyl groups excluding tert-OH is 1. The van der Waals surface area contributed by atoms with Crippen LogP contribution in [-0.4, -0.2) is 35.7 Å². The highest BCUT2D eigenvalue weighted by molar-refractivity contribution is 5.87. The second kappa shape index (κ2) is 6.09. The maximum absolute atomic E-state index is 10.6. The lowest BCUT2D eigenvalue weighted by Crippen LogP contribution is -2.20. The first kappa shape index (κ1) is 12.5. The van der Waals surface area contributed by atoms with Gasteiger partial charge < -0.3 is 19.7 Å². The van der Waals surface area contributed by atoms with Gasteiger partial charge in [0.2, 0.25) is 0 Å². The van der Waals surface area contributed by atoms with E-state index in [1.165, 1.54) is 24.3 Å². The molecule has 0 aliphatic rings. The number of carbonyl (C=O) groups is 1. The summed E-state index contributed by atoms with van der Waals surface area (Å²) in [5.41, 5.74) is 0.192. The van der Waals surface area contributed by atoms with Crippen molar-refractivity contribution in [1.82, 2.24) is 0 Å². The van der Waals surface area contributed by atoms with E-state index >= 15 is 0 Å². The lowest BCUT2D eigenvalue weighted by Gasteiger charge is -2.11. The second-order valence-corrected chi connectivity index (χ2v) is 3.05. The maximum atomic E-state index is 10.6. The third kappa shape index (κ3) is 3.88. The van der Waals surface area contributed by atoms with Crippen LogP contribution in [0.3, 0.4) is 0 Å². The van der Waals surface area contributed by atoms with Crippen molar-refractivity contribution >= 4 is 5.97 Å². The van der Waals surface area contributed by atoms with Gasteiger partial charge in [0.15, 0.2) is 6.29 Å². The van der Waals surface area contributed by atoms with Crippen LogP contribution in [0.2, 0.25) is 0 Å². The van der Waals surface area contributed by atoms with Crippen LogP contribution in [0.5, 0.6) is 5.75 Å². The molecule has 0 amide bonds. The largest absolute Gasteiger partial charge is 0.488 e. The van der Waals surface area contributed by atoms with Crippen LogP contribution >= 0.6 is 0 Å². The van der Waals surface area contributed by atoms with Gasteiger partial charge in [-0.3, -0.25) is 0 Å². The van der Waals surface area contributed by atoms with Gasteiger partial charge >= 0.3 is 5.97 Å². The van der Waals surface area contributed by atoms with Gasteiger partial charge in [0.05, 0.1) is 5.56 Å². The zero-order chi connectivity index (χ0) is 12.0. The number of ether oxygens (including phenoxy) is 2. The summed E-state index contributed by atoms with van der Waals surface area (Å²) in [6.07, 6.45) is -0.968. The summed E-state index contributed by atoms with van der Waals surface area (Å²) in [4.78, 5) is 10.6. The Kier molecular flexibility index (Phi) is 4.75. The molecule has 5 nitrogen and oxygen atoms in total. The lowest BCUT2D eigenvalue weighted by atomic mass is 10.2. The van der Waals surface area contributed by atoms with Gasteiger partial charge in [-0.15, -0.1) is 0 Å². The summed E-state index contributed by atoms with van der Waals surface area (Å²) in [7, 11) is 0. The van der Waals surface area contributed by atoms with E-state index in [0.717, 1.165) is 0 Å². The third-order valence-corrected chi connectivity index (χ3v) is 1.85. The zero-order valence-electron chi connectivity index (χ0n) is 8.92. The number of carboxylic acid groups (broad SMARTS) is 1. The van der Waals surface area contributed by atoms with Crippen LogP contribution in [0.25, 0.3) is 0 Å². The van der Waals surface area contributed by atoms with Gasteiger partial charge in [0, 0.05) is 6.61 Å². The zero-order valence-corrected chi connectivity index (χ0v) is 8.92. The first-order valence-corrected chi connectivity index (χ1v) is 4.89. The van der Waals surface area contributed by atoms with Crippen LogP contribution in [0.1, 0.15) is 17.3 Å². The topological polar surface area (TPSA) is 76.0 Å². The number of hydrogen-bond donors (Lipinski definition) is 2. The minimum absolute atomic E-state index is 0.0141. The fraction of sp³-hybridized carbons (Fsp3) is 0.364. The lowest BCUT2D eigenvalue weighted by molar-refractivity contribution is -0.115. The highest BCUT2D eigenvalue weighted by atomic mass is 16.6. The molecular formula is C11H14O5. The molecule has 0 aromatic heterocycles. The highest BCUT2D eigenvalue weighted by Crippen LogP contribution is 2.12. The Hall–Kier alpha value is -1.59. The number of aliphatic hydroxyl groups is 1. The molecule has 0 fully saturated rings. The van der Waals surface area contributed by atoms with E-state index in [-0.39, 0.29) is 12.2 Å². The molecule has 0 saturated carbocycles. The van der Waals surface area contributed by atoms with E-state index < -0.39 is 12.3 Å². The van der Waals surface area contributed by atoms with E-state index in [1.54, 1.807) is 6.92 Å². The van der Waals surface area contributed by atoms with Crippen molar-refractivity contribution < 1.29 is 24.5 Å². The standard InChI is InChI=1S/C11H14O5/c1-2-15-10(12)7-16-9-5-3-8(4-6-9)11(13)14/h3-6,10,12H,2,7H2,1H3,(H,13,14). The smallest absolute Gasteiger partial charge is 0.335 e. The van der Waals surface area contributed by atoms with E-state index in [9.17, 15) is 9.90 Å². The fourth-order valence-electron chi connectivity index (χ4n) is 1.10. The number of aromatic carboxylic acids is 1. The average molecular weight is 226 g/mol. The van der Waals surface area contributed by atoms with Crippen LogP contribution < -0.4 is 4.74 Å². The van der Waals surface area contributed by atoms with Crippen LogP contribution in [-0.2, 0) is 4.74 Å². The summed E-state index contributed by atoms with van der Waals surface area (Å²) in [5.74, 6) is -0.496. The molecule has 0 aliphatic heterocycles. The predicted octanol–water partition coefficient (Wildman–Crippen LogP) is 1.12. The number of hydrogen-bond acceptors (Lipinski definition) is 4. The molecule has 0 aliphatic carbocycles. The summed E-state index contributed by atoms with van der Waals surface area (Å²) < 4.78 is 10.0. The third-order valence-electron chi connectivity index (χ3n) is 1.85. The second-order valence-electron chi connectivity index (χ2n) is 3.05. The van der Waals surface area contributed by atoms with Crippen LogP contribution in [0, 0.1) is 0 Å². The van der Waals surface area contributed by atoms with E-state index in [4.69, 9.17) is 14.6 Å². The van der Waals surface area contributed by atoms with Crippen molar-refractivity contribution in [3.05, 3.63) is 29.8 Å². The normalized spacial score (nSPS) is 12.1. The number of carboxylic acids is 1. The summed E-state index contributed by atoms with van der Waals surface area (Å²) in [6.45, 7) is 2.19. The molecular weight excluding hydrogens is 212 g/mol. The van der Waals surface area contributed by atoms with Gasteiger partial charge in [-0.2, -0.15) is 0 Å². The average Bonchev–Trinajstić information content (AvgIpc) is 2.27. The van der Waals surface area contributed by atoms with Crippen molar-refractivity contribution in [3.63, 3.8) is 0 Å². The molecule has 16 heavy (non-hydrogen) atoms. The Balaban J connectivity index is 2.46. The predicted molar refractivity (Wildman–Crippen MR) is 56.5 cm³/mol. The van der Waals surface area contributed by atoms with Crippen molar-refractivity contribution in [2.75, 3.05) is 13.2 Å². The first-order chi connectivity index (χ1) is 7.63. The van der Waals surface area contributed by atoms with E-state index in [0.29, 0.717) is 12.4 Å². The van der Waals surface area contributed by atoms with Crippen molar-refractivity contribution in [1.29, 1.82) is 0 Å². The molecule has 88 valence electrons. The van der Waals surface area contributed by atoms with Gasteiger partial charge in [-0.1, -0.05) is 0 Å². The minimum atomic E-state index is -0.985. The Morgan fingerprint density at radius 1 is 1.38 bits per heavy atom. The molecule has 1 aromatic carbocycles. The SMILES string of the molecule is CCOC(O)COc1ccc(C(=O)O)cc1. The molecule has 0 bridgehead atoms. The number of rotatable bonds is 6. The maximum Gasteiger partial charge on any atom is 0.335 e. The minimum Gasteiger partial charge on any atom is -0.488 e. The van der Waals surface area contributed by atoms with Crippen LogP contribution in [0.4, 0.5) is 0 Å². The molecule has 1 aromatic rings. The van der Waals surface area contributed by atoms with Crippen LogP contribution in [0.15, 0.2) is 24.3 Å². The Morgan fingerprint density at radius 2 is 2.00 bits per heavy atom. The van der Waals surface area contributed by atoms with Crippen molar-refractivity contribution in [3.8, 4) is 5.75 Å². The molecule has 0 radical (unpaired) electrons. The molecule has 2 N–H and O–H groups in total. The molecule has 5 heteroatoms. The summed E-state index contributed by atoms with van der Waals surface area (Å²) in [5, 5.41) is 17.9. The molecule has 1 rings (SSSR count). The van der Waals surface area contributed by atoms with E-state index in [2.05, 4.69) is 0 Å². The first-order valence-electron chi connectivity index (χ1n) is 4.89. The Labute approximate surface area is 93.2 Å². The highest BCUT2D eigenvalue weighted by Gasteiger charge is 2.05. The van der Waals surface area contributed by atoms with Gasteiger partial charge in [-0.25, -0.2) is 4.79 Å². The van der Waals surface area contributed by atoms with E-state index in [1.807, 2.05) is 0 Å². The molecule has 0 spiro atoms. The van der Waals surface area contributed by atoms with Crippen molar-refractivity contribution in [2.45, 2.75) is 13.2 Å². The monoisotopic (exact) mass is 226 g/mol. The molecule has 0 saturated heterocycles. The van der Waals surface area contributed by atoms with Gasteiger partial charge in [-0.05, 0) is 31.2 Å². The molecule has 1 unspecified atom stereocenters. The fourth-order valence-corrected chi connectivity index (χ4v) is 1.10. The molecule has 1 atom stereocenters. The van der Waals surface area contributed by atoms with Crippen molar-refractivity contribution in [2.24, 2.45) is 0 Å². The molecule has 0 heterocycles. The van der Waals surface area contributed by atoms with Gasteiger partial charge in [0.1, 0.15) is 12.4 Å².